The number of rotatable bonds is 7. The SMILES string of the molecule is CCCCC1CCCc2c1n(Cc1cccc(C(N)=O)c1)c1c(C(=O)O)cccc21. The Bertz CT molecular complexity index is 1110. The van der Waals surface area contributed by atoms with Gasteiger partial charge in [0.1, 0.15) is 0 Å². The minimum Gasteiger partial charge on any atom is -0.478 e. The van der Waals surface area contributed by atoms with Crippen LogP contribution in [0.25, 0.3) is 10.9 Å². The Morgan fingerprint density at radius 1 is 1.20 bits per heavy atom. The molecule has 0 fully saturated rings. The van der Waals surface area contributed by atoms with Crippen LogP contribution in [0.1, 0.15) is 82.5 Å². The summed E-state index contributed by atoms with van der Waals surface area (Å²) in [5.41, 5.74) is 10.6. The van der Waals surface area contributed by atoms with E-state index in [0.717, 1.165) is 55.0 Å². The van der Waals surface area contributed by atoms with Crippen molar-refractivity contribution >= 4 is 22.8 Å². The molecule has 156 valence electrons. The maximum atomic E-state index is 12.1. The molecule has 0 saturated carbocycles. The predicted molar refractivity (Wildman–Crippen MR) is 118 cm³/mol. The van der Waals surface area contributed by atoms with Gasteiger partial charge >= 0.3 is 5.97 Å². The highest BCUT2D eigenvalue weighted by Crippen LogP contribution is 2.42. The van der Waals surface area contributed by atoms with E-state index in [9.17, 15) is 14.7 Å². The highest BCUT2D eigenvalue weighted by Gasteiger charge is 2.29. The van der Waals surface area contributed by atoms with Gasteiger partial charge in [-0.2, -0.15) is 0 Å². The van der Waals surface area contributed by atoms with Gasteiger partial charge in [-0.15, -0.1) is 0 Å². The number of benzene rings is 2. The van der Waals surface area contributed by atoms with Gasteiger partial charge in [-0.05, 0) is 60.9 Å². The van der Waals surface area contributed by atoms with E-state index in [1.54, 1.807) is 12.1 Å². The molecule has 0 aliphatic heterocycles. The second-order valence-corrected chi connectivity index (χ2v) is 8.25. The van der Waals surface area contributed by atoms with Crippen molar-refractivity contribution in [3.63, 3.8) is 0 Å². The van der Waals surface area contributed by atoms with Crippen molar-refractivity contribution in [3.8, 4) is 0 Å². The summed E-state index contributed by atoms with van der Waals surface area (Å²) in [6.45, 7) is 2.73. The first-order chi connectivity index (χ1) is 14.5. The van der Waals surface area contributed by atoms with E-state index in [4.69, 9.17) is 5.73 Å². The lowest BCUT2D eigenvalue weighted by Crippen LogP contribution is -2.16. The third kappa shape index (κ3) is 3.60. The number of aryl methyl sites for hydroxylation is 1. The van der Waals surface area contributed by atoms with Crippen LogP contribution in [0.3, 0.4) is 0 Å². The van der Waals surface area contributed by atoms with Gasteiger partial charge in [0.25, 0.3) is 0 Å². The van der Waals surface area contributed by atoms with Crippen LogP contribution in [0.2, 0.25) is 0 Å². The standard InChI is InChI=1S/C25H28N2O3/c1-2-3-8-17-9-5-11-19-20-12-6-13-21(25(29)30)23(20)27(22(17)19)15-16-7-4-10-18(14-16)24(26)28/h4,6-7,10,12-14,17H,2-3,5,8-9,11,15H2,1H3,(H2,26,28)(H,29,30). The third-order valence-electron chi connectivity index (χ3n) is 6.29. The minimum absolute atomic E-state index is 0.335. The highest BCUT2D eigenvalue weighted by molar-refractivity contribution is 6.04. The molecule has 3 N–H and O–H groups in total. The number of amides is 1. The zero-order chi connectivity index (χ0) is 21.3. The van der Waals surface area contributed by atoms with Gasteiger partial charge in [-0.3, -0.25) is 4.79 Å². The summed E-state index contributed by atoms with van der Waals surface area (Å²) in [7, 11) is 0. The monoisotopic (exact) mass is 404 g/mol. The summed E-state index contributed by atoms with van der Waals surface area (Å²) in [5, 5.41) is 10.9. The van der Waals surface area contributed by atoms with Crippen molar-refractivity contribution in [3.05, 3.63) is 70.4 Å². The number of primary amides is 1. The lowest BCUT2D eigenvalue weighted by atomic mass is 9.83. The summed E-state index contributed by atoms with van der Waals surface area (Å²) in [6, 6.07) is 12.9. The lowest BCUT2D eigenvalue weighted by Gasteiger charge is -2.26. The van der Waals surface area contributed by atoms with Gasteiger partial charge in [0.05, 0.1) is 11.1 Å². The maximum absolute atomic E-state index is 12.1. The molecule has 2 aromatic carbocycles. The molecule has 4 rings (SSSR count). The van der Waals surface area contributed by atoms with Gasteiger partial charge in [-0.1, -0.05) is 44.0 Å². The fourth-order valence-corrected chi connectivity index (χ4v) is 4.96. The first-order valence-corrected chi connectivity index (χ1v) is 10.8. The molecule has 0 bridgehead atoms. The number of hydrogen-bond acceptors (Lipinski definition) is 2. The smallest absolute Gasteiger partial charge is 0.337 e. The summed E-state index contributed by atoms with van der Waals surface area (Å²) in [6.07, 6.45) is 6.67. The fraction of sp³-hybridized carbons (Fsp3) is 0.360. The van der Waals surface area contributed by atoms with Crippen LogP contribution in [-0.2, 0) is 13.0 Å². The number of aromatic carboxylic acids is 1. The van der Waals surface area contributed by atoms with Crippen molar-refractivity contribution < 1.29 is 14.7 Å². The third-order valence-corrected chi connectivity index (χ3v) is 6.29. The normalized spacial score (nSPS) is 15.8. The zero-order valence-electron chi connectivity index (χ0n) is 17.4. The Morgan fingerprint density at radius 3 is 2.73 bits per heavy atom. The van der Waals surface area contributed by atoms with Gasteiger partial charge in [0.15, 0.2) is 0 Å². The molecule has 0 radical (unpaired) electrons. The quantitative estimate of drug-likeness (QED) is 0.575. The van der Waals surface area contributed by atoms with E-state index < -0.39 is 11.9 Å². The topological polar surface area (TPSA) is 85.3 Å². The molecular weight excluding hydrogens is 376 g/mol. The first kappa shape index (κ1) is 20.2. The Kier molecular flexibility index (Phi) is 5.62. The van der Waals surface area contributed by atoms with Gasteiger partial charge in [0.2, 0.25) is 5.91 Å². The lowest BCUT2D eigenvalue weighted by molar-refractivity contribution is 0.0698. The molecule has 0 saturated heterocycles. The molecule has 0 spiro atoms. The van der Waals surface area contributed by atoms with E-state index in [0.29, 0.717) is 23.6 Å². The summed E-state index contributed by atoms with van der Waals surface area (Å²) in [5.74, 6) is -0.932. The van der Waals surface area contributed by atoms with E-state index in [1.807, 2.05) is 24.3 Å². The van der Waals surface area contributed by atoms with E-state index in [-0.39, 0.29) is 0 Å². The van der Waals surface area contributed by atoms with Crippen LogP contribution in [0.15, 0.2) is 42.5 Å². The number of carboxylic acids is 1. The maximum Gasteiger partial charge on any atom is 0.337 e. The largest absolute Gasteiger partial charge is 0.478 e. The number of fused-ring (bicyclic) bond motifs is 3. The van der Waals surface area contributed by atoms with E-state index in [1.165, 1.54) is 11.3 Å². The highest BCUT2D eigenvalue weighted by atomic mass is 16.4. The number of aromatic nitrogens is 1. The van der Waals surface area contributed by atoms with E-state index >= 15 is 0 Å². The van der Waals surface area contributed by atoms with Crippen molar-refractivity contribution in [1.82, 2.24) is 4.57 Å². The van der Waals surface area contributed by atoms with Crippen molar-refractivity contribution in [1.29, 1.82) is 0 Å². The fourth-order valence-electron chi connectivity index (χ4n) is 4.96. The first-order valence-electron chi connectivity index (χ1n) is 10.8. The molecule has 3 aromatic rings. The average molecular weight is 405 g/mol. The number of unbranched alkanes of at least 4 members (excludes halogenated alkanes) is 1. The van der Waals surface area contributed by atoms with Crippen molar-refractivity contribution in [2.45, 2.75) is 57.9 Å². The Morgan fingerprint density at radius 2 is 2.00 bits per heavy atom. The van der Waals surface area contributed by atoms with Gasteiger partial charge in [-0.25, -0.2) is 4.79 Å². The Labute approximate surface area is 176 Å². The molecule has 1 atom stereocenters. The average Bonchev–Trinajstić information content (AvgIpc) is 3.06. The molecular formula is C25H28N2O3. The second kappa shape index (κ2) is 8.34. The van der Waals surface area contributed by atoms with Gasteiger partial charge in [0, 0.05) is 23.2 Å². The van der Waals surface area contributed by atoms with Crippen LogP contribution < -0.4 is 5.73 Å². The minimum atomic E-state index is -0.910. The van der Waals surface area contributed by atoms with Crippen LogP contribution in [0.5, 0.6) is 0 Å². The molecule has 5 heteroatoms. The van der Waals surface area contributed by atoms with Crippen molar-refractivity contribution in [2.24, 2.45) is 5.73 Å². The van der Waals surface area contributed by atoms with Crippen LogP contribution in [0.4, 0.5) is 0 Å². The summed E-state index contributed by atoms with van der Waals surface area (Å²) < 4.78 is 2.20. The van der Waals surface area contributed by atoms with Crippen LogP contribution >= 0.6 is 0 Å². The van der Waals surface area contributed by atoms with Crippen molar-refractivity contribution in [2.75, 3.05) is 0 Å². The molecule has 1 aromatic heterocycles. The molecule has 1 unspecified atom stereocenters. The summed E-state index contributed by atoms with van der Waals surface area (Å²) in [4.78, 5) is 23.7. The summed E-state index contributed by atoms with van der Waals surface area (Å²) >= 11 is 0. The molecule has 5 nitrogen and oxygen atoms in total. The molecule has 1 aliphatic rings. The molecule has 30 heavy (non-hydrogen) atoms. The number of hydrogen-bond donors (Lipinski definition) is 2. The zero-order valence-corrected chi connectivity index (χ0v) is 17.4. The number of nitrogens with zero attached hydrogens (tertiary/aromatic N) is 1. The van der Waals surface area contributed by atoms with Gasteiger partial charge < -0.3 is 15.4 Å². The van der Waals surface area contributed by atoms with Crippen LogP contribution in [-0.4, -0.2) is 21.6 Å². The Hall–Kier alpha value is -3.08. The molecule has 1 amide bonds. The second-order valence-electron chi connectivity index (χ2n) is 8.25. The number of carboxylic acid groups (broad SMARTS) is 1. The molecule has 1 aliphatic carbocycles. The predicted octanol–water partition coefficient (Wildman–Crippen LogP) is 5.10. The number of carbonyl (C=O) groups is 2. The number of nitrogens with two attached hydrogens (primary N) is 1. The number of carbonyl (C=O) groups excluding carboxylic acids is 1. The Balaban J connectivity index is 1.93. The van der Waals surface area contributed by atoms with Crippen LogP contribution in [0, 0.1) is 0 Å². The number of para-hydroxylation sites is 1. The van der Waals surface area contributed by atoms with E-state index in [2.05, 4.69) is 17.6 Å². The molecule has 1 heterocycles.